The van der Waals surface area contributed by atoms with Crippen LogP contribution in [0.15, 0.2) is 42.5 Å². The van der Waals surface area contributed by atoms with Crippen LogP contribution in [-0.4, -0.2) is 32.2 Å². The summed E-state index contributed by atoms with van der Waals surface area (Å²) < 4.78 is 16.3. The van der Waals surface area contributed by atoms with E-state index in [1.165, 1.54) is 7.11 Å². The molecule has 0 aromatic heterocycles. The van der Waals surface area contributed by atoms with Gasteiger partial charge in [-0.05, 0) is 43.3 Å². The molecule has 8 nitrogen and oxygen atoms in total. The van der Waals surface area contributed by atoms with Gasteiger partial charge in [0.25, 0.3) is 0 Å². The number of anilines is 1. The van der Waals surface area contributed by atoms with Gasteiger partial charge in [0.15, 0.2) is 11.5 Å². The van der Waals surface area contributed by atoms with Crippen molar-refractivity contribution in [3.8, 4) is 23.0 Å². The van der Waals surface area contributed by atoms with Crippen molar-refractivity contribution in [1.29, 1.82) is 0 Å². The lowest BCUT2D eigenvalue weighted by molar-refractivity contribution is -0.120. The minimum absolute atomic E-state index is 0.463. The van der Waals surface area contributed by atoms with Crippen LogP contribution in [0.25, 0.3) is 0 Å². The van der Waals surface area contributed by atoms with Gasteiger partial charge in [-0.1, -0.05) is 0 Å². The molecule has 0 saturated heterocycles. The number of nitrogens with two attached hydrogens (primary N) is 1. The number of carbonyl (C=O) groups is 2. The fourth-order valence-electron chi connectivity index (χ4n) is 2.16. The molecule has 0 fully saturated rings. The van der Waals surface area contributed by atoms with Gasteiger partial charge in [-0.25, -0.2) is 4.79 Å². The molecule has 0 aliphatic heterocycles. The van der Waals surface area contributed by atoms with Crippen molar-refractivity contribution in [3.63, 3.8) is 0 Å². The average molecular weight is 359 g/mol. The molecule has 0 aliphatic rings. The maximum Gasteiger partial charge on any atom is 0.318 e. The van der Waals surface area contributed by atoms with Gasteiger partial charge < -0.3 is 25.3 Å². The molecule has 26 heavy (non-hydrogen) atoms. The van der Waals surface area contributed by atoms with Gasteiger partial charge in [-0.3, -0.25) is 10.1 Å². The predicted octanol–water partition coefficient (Wildman–Crippen LogP) is 2.49. The molecule has 1 unspecified atom stereocenters. The highest BCUT2D eigenvalue weighted by Gasteiger charge is 2.15. The van der Waals surface area contributed by atoms with E-state index in [9.17, 15) is 9.59 Å². The standard InChI is InChI=1S/C18H21N3O5/c1-11(17(22)21-18(19)23)20-12-4-9-15(25-3)16(10-12)26-14-7-5-13(24-2)6-8-14/h4-11,20H,1-3H3,(H3,19,21,22,23). The highest BCUT2D eigenvalue weighted by Crippen LogP contribution is 2.34. The predicted molar refractivity (Wildman–Crippen MR) is 96.9 cm³/mol. The van der Waals surface area contributed by atoms with Crippen molar-refractivity contribution in [2.75, 3.05) is 19.5 Å². The number of benzene rings is 2. The van der Waals surface area contributed by atoms with E-state index in [1.807, 2.05) is 5.32 Å². The van der Waals surface area contributed by atoms with Gasteiger partial charge in [0, 0.05) is 11.8 Å². The number of amides is 3. The number of nitrogens with one attached hydrogen (secondary N) is 2. The number of methoxy groups -OCH3 is 2. The third kappa shape index (κ3) is 5.04. The number of imide groups is 1. The monoisotopic (exact) mass is 359 g/mol. The number of hydrogen-bond donors (Lipinski definition) is 3. The zero-order valence-electron chi connectivity index (χ0n) is 14.7. The normalized spacial score (nSPS) is 11.2. The Morgan fingerprint density at radius 1 is 0.962 bits per heavy atom. The molecule has 0 saturated carbocycles. The van der Waals surface area contributed by atoms with Crippen molar-refractivity contribution in [1.82, 2.24) is 5.32 Å². The van der Waals surface area contributed by atoms with Gasteiger partial charge in [0.05, 0.1) is 14.2 Å². The van der Waals surface area contributed by atoms with Crippen molar-refractivity contribution in [3.05, 3.63) is 42.5 Å². The molecule has 8 heteroatoms. The van der Waals surface area contributed by atoms with Crippen LogP contribution in [0.5, 0.6) is 23.0 Å². The summed E-state index contributed by atoms with van der Waals surface area (Å²) in [6.45, 7) is 1.60. The quantitative estimate of drug-likeness (QED) is 0.700. The molecule has 0 aliphatic carbocycles. The van der Waals surface area contributed by atoms with E-state index in [0.29, 0.717) is 28.7 Å². The zero-order valence-corrected chi connectivity index (χ0v) is 14.7. The van der Waals surface area contributed by atoms with E-state index in [4.69, 9.17) is 19.9 Å². The minimum atomic E-state index is -0.901. The second-order valence-corrected chi connectivity index (χ2v) is 5.36. The lowest BCUT2D eigenvalue weighted by atomic mass is 10.2. The summed E-state index contributed by atoms with van der Waals surface area (Å²) >= 11 is 0. The first-order valence-corrected chi connectivity index (χ1v) is 7.79. The Labute approximate surface area is 151 Å². The van der Waals surface area contributed by atoms with Gasteiger partial charge in [0.1, 0.15) is 17.5 Å². The molecule has 3 amide bonds. The summed E-state index contributed by atoms with van der Waals surface area (Å²) in [5.41, 5.74) is 5.56. The molecule has 2 aromatic rings. The summed E-state index contributed by atoms with van der Waals surface area (Å²) in [4.78, 5) is 22.5. The van der Waals surface area contributed by atoms with Crippen LogP contribution >= 0.6 is 0 Å². The Bertz CT molecular complexity index is 777. The van der Waals surface area contributed by atoms with Crippen LogP contribution in [-0.2, 0) is 4.79 Å². The molecule has 0 heterocycles. The Morgan fingerprint density at radius 3 is 2.19 bits per heavy atom. The molecule has 2 rings (SSSR count). The van der Waals surface area contributed by atoms with Crippen molar-refractivity contribution >= 4 is 17.6 Å². The lowest BCUT2D eigenvalue weighted by Crippen LogP contribution is -2.43. The Morgan fingerprint density at radius 2 is 1.62 bits per heavy atom. The van der Waals surface area contributed by atoms with Crippen LogP contribution in [0, 0.1) is 0 Å². The molecule has 0 radical (unpaired) electrons. The van der Waals surface area contributed by atoms with E-state index in [1.54, 1.807) is 56.5 Å². The molecule has 138 valence electrons. The molecular weight excluding hydrogens is 338 g/mol. The number of hydrogen-bond acceptors (Lipinski definition) is 6. The maximum atomic E-state index is 11.8. The fourth-order valence-corrected chi connectivity index (χ4v) is 2.16. The van der Waals surface area contributed by atoms with E-state index in [-0.39, 0.29) is 0 Å². The average Bonchev–Trinajstić information content (AvgIpc) is 2.62. The minimum Gasteiger partial charge on any atom is -0.497 e. The zero-order chi connectivity index (χ0) is 19.1. The summed E-state index contributed by atoms with van der Waals surface area (Å²) in [5, 5.41) is 4.99. The number of carbonyl (C=O) groups excluding carboxylic acids is 2. The summed E-state index contributed by atoms with van der Waals surface area (Å²) in [6, 6.07) is 10.6. The van der Waals surface area contributed by atoms with Gasteiger partial charge in [-0.15, -0.1) is 0 Å². The SMILES string of the molecule is COc1ccc(Oc2cc(NC(C)C(=O)NC(N)=O)ccc2OC)cc1. The lowest BCUT2D eigenvalue weighted by Gasteiger charge is -2.16. The van der Waals surface area contributed by atoms with Crippen LogP contribution in [0.1, 0.15) is 6.92 Å². The first kappa shape index (κ1) is 18.9. The third-order valence-corrected chi connectivity index (χ3v) is 3.47. The summed E-state index contributed by atoms with van der Waals surface area (Å²) in [5.74, 6) is 1.77. The van der Waals surface area contributed by atoms with E-state index < -0.39 is 18.0 Å². The number of rotatable bonds is 7. The highest BCUT2D eigenvalue weighted by molar-refractivity contribution is 5.97. The Hall–Kier alpha value is -3.42. The molecule has 4 N–H and O–H groups in total. The number of urea groups is 1. The van der Waals surface area contributed by atoms with Gasteiger partial charge in [0.2, 0.25) is 5.91 Å². The Balaban J connectivity index is 2.16. The highest BCUT2D eigenvalue weighted by atomic mass is 16.5. The summed E-state index contributed by atoms with van der Waals surface area (Å²) in [7, 11) is 3.12. The van der Waals surface area contributed by atoms with Crippen LogP contribution in [0.4, 0.5) is 10.5 Å². The third-order valence-electron chi connectivity index (χ3n) is 3.47. The van der Waals surface area contributed by atoms with Gasteiger partial charge >= 0.3 is 6.03 Å². The molecule has 0 bridgehead atoms. The van der Waals surface area contributed by atoms with Crippen molar-refractivity contribution in [2.45, 2.75) is 13.0 Å². The van der Waals surface area contributed by atoms with Crippen molar-refractivity contribution in [2.24, 2.45) is 5.73 Å². The van der Waals surface area contributed by atoms with Gasteiger partial charge in [-0.2, -0.15) is 0 Å². The maximum absolute atomic E-state index is 11.8. The van der Waals surface area contributed by atoms with Crippen molar-refractivity contribution < 1.29 is 23.8 Å². The Kier molecular flexibility index (Phi) is 6.26. The fraction of sp³-hybridized carbons (Fsp3) is 0.222. The smallest absolute Gasteiger partial charge is 0.318 e. The van der Waals surface area contributed by atoms with Crippen LogP contribution in [0.2, 0.25) is 0 Å². The first-order valence-electron chi connectivity index (χ1n) is 7.79. The van der Waals surface area contributed by atoms with E-state index >= 15 is 0 Å². The molecule has 0 spiro atoms. The van der Waals surface area contributed by atoms with Crippen LogP contribution < -0.4 is 30.6 Å². The van der Waals surface area contributed by atoms with E-state index in [2.05, 4.69) is 5.32 Å². The first-order chi connectivity index (χ1) is 12.4. The largest absolute Gasteiger partial charge is 0.497 e. The molecular formula is C18H21N3O5. The van der Waals surface area contributed by atoms with Crippen LogP contribution in [0.3, 0.4) is 0 Å². The second-order valence-electron chi connectivity index (χ2n) is 5.36. The molecule has 2 aromatic carbocycles. The topological polar surface area (TPSA) is 112 Å². The summed E-state index contributed by atoms with van der Waals surface area (Å²) in [6.07, 6.45) is 0. The second kappa shape index (κ2) is 8.61. The van der Waals surface area contributed by atoms with E-state index in [0.717, 1.165) is 0 Å². The molecule has 1 atom stereocenters. The number of primary amides is 1. The number of ether oxygens (including phenoxy) is 3.